The summed E-state index contributed by atoms with van der Waals surface area (Å²) in [6.07, 6.45) is 0.642. The molecule has 0 saturated heterocycles. The lowest BCUT2D eigenvalue weighted by Crippen LogP contribution is -2.09. The van der Waals surface area contributed by atoms with E-state index >= 15 is 0 Å². The fraction of sp³-hybridized carbons (Fsp3) is 0.133. The van der Waals surface area contributed by atoms with E-state index in [0.29, 0.717) is 17.4 Å². The van der Waals surface area contributed by atoms with Gasteiger partial charge in [0.2, 0.25) is 0 Å². The van der Waals surface area contributed by atoms with Crippen LogP contribution in [0.4, 0.5) is 0 Å². The highest BCUT2D eigenvalue weighted by Crippen LogP contribution is 2.30. The average molecular weight is 268 g/mol. The summed E-state index contributed by atoms with van der Waals surface area (Å²) in [6, 6.07) is 7.67. The van der Waals surface area contributed by atoms with Gasteiger partial charge in [-0.05, 0) is 18.6 Å². The van der Waals surface area contributed by atoms with Gasteiger partial charge in [0.15, 0.2) is 12.0 Å². The van der Waals surface area contributed by atoms with Crippen molar-refractivity contribution in [2.24, 2.45) is 0 Å². The lowest BCUT2D eigenvalue weighted by molar-refractivity contribution is 0.0593. The van der Waals surface area contributed by atoms with E-state index in [4.69, 9.17) is 4.74 Å². The molecule has 100 valence electrons. The number of carbonyl (C=O) groups is 2. The Morgan fingerprint density at radius 3 is 2.80 bits per heavy atom. The van der Waals surface area contributed by atoms with Crippen LogP contribution in [0.15, 0.2) is 24.3 Å². The molecule has 0 unspecified atom stereocenters. The van der Waals surface area contributed by atoms with E-state index in [0.717, 1.165) is 16.3 Å². The van der Waals surface area contributed by atoms with Crippen LogP contribution < -0.4 is 0 Å². The van der Waals surface area contributed by atoms with Gasteiger partial charge in [0, 0.05) is 16.3 Å². The molecule has 20 heavy (non-hydrogen) atoms. The number of aromatic nitrogens is 2. The van der Waals surface area contributed by atoms with E-state index in [1.807, 2.05) is 24.3 Å². The first-order chi connectivity index (χ1) is 9.67. The summed E-state index contributed by atoms with van der Waals surface area (Å²) < 4.78 is 4.73. The quantitative estimate of drug-likeness (QED) is 0.573. The number of benzene rings is 1. The van der Waals surface area contributed by atoms with Crippen LogP contribution in [0.3, 0.4) is 0 Å². The van der Waals surface area contributed by atoms with E-state index in [-0.39, 0.29) is 11.4 Å². The smallest absolute Gasteiger partial charge is 0.356 e. The Hall–Kier alpha value is -2.69. The maximum absolute atomic E-state index is 11.8. The molecule has 0 bridgehead atoms. The minimum Gasteiger partial charge on any atom is -0.464 e. The zero-order valence-electron chi connectivity index (χ0n) is 11.1. The van der Waals surface area contributed by atoms with Crippen molar-refractivity contribution < 1.29 is 14.3 Å². The fourth-order valence-corrected chi connectivity index (χ4v) is 2.48. The molecule has 5 nitrogen and oxygen atoms in total. The van der Waals surface area contributed by atoms with Crippen molar-refractivity contribution in [3.8, 4) is 0 Å². The summed E-state index contributed by atoms with van der Waals surface area (Å²) in [5, 5.41) is 1.79. The number of aryl methyl sites for hydroxylation is 1. The zero-order valence-corrected chi connectivity index (χ0v) is 11.1. The van der Waals surface area contributed by atoms with Crippen LogP contribution in [-0.4, -0.2) is 29.3 Å². The Kier molecular flexibility index (Phi) is 2.75. The Labute approximate surface area is 114 Å². The number of aldehydes is 1. The maximum Gasteiger partial charge on any atom is 0.356 e. The second kappa shape index (κ2) is 4.45. The van der Waals surface area contributed by atoms with Gasteiger partial charge in [0.25, 0.3) is 0 Å². The van der Waals surface area contributed by atoms with Gasteiger partial charge in [-0.1, -0.05) is 18.2 Å². The SMILES string of the molecule is COC(=O)c1nc(C=O)c2[nH]c3ccccc3c2c1C. The van der Waals surface area contributed by atoms with Crippen molar-refractivity contribution in [2.75, 3.05) is 7.11 Å². The van der Waals surface area contributed by atoms with Crippen LogP contribution in [0.2, 0.25) is 0 Å². The molecule has 0 spiro atoms. The predicted octanol–water partition coefficient (Wildman–Crippen LogP) is 2.62. The summed E-state index contributed by atoms with van der Waals surface area (Å²) in [6.45, 7) is 1.80. The number of nitrogens with one attached hydrogen (secondary N) is 1. The molecule has 0 saturated carbocycles. The third kappa shape index (κ3) is 1.60. The number of carbonyl (C=O) groups excluding carboxylic acids is 2. The predicted molar refractivity (Wildman–Crippen MR) is 75.1 cm³/mol. The van der Waals surface area contributed by atoms with E-state index in [1.54, 1.807) is 6.92 Å². The third-order valence-electron chi connectivity index (χ3n) is 3.42. The van der Waals surface area contributed by atoms with Crippen LogP contribution in [-0.2, 0) is 4.74 Å². The number of para-hydroxylation sites is 1. The van der Waals surface area contributed by atoms with Gasteiger partial charge < -0.3 is 9.72 Å². The third-order valence-corrected chi connectivity index (χ3v) is 3.42. The summed E-state index contributed by atoms with van der Waals surface area (Å²) in [4.78, 5) is 30.3. The highest BCUT2D eigenvalue weighted by Gasteiger charge is 2.19. The standard InChI is InChI=1S/C15H12N2O3/c1-8-12-9-5-3-4-6-10(9)16-14(12)11(7-18)17-13(8)15(19)20-2/h3-7,16H,1-2H3. The van der Waals surface area contributed by atoms with Crippen LogP contribution in [0.1, 0.15) is 26.5 Å². The largest absolute Gasteiger partial charge is 0.464 e. The Morgan fingerprint density at radius 1 is 1.35 bits per heavy atom. The van der Waals surface area contributed by atoms with Gasteiger partial charge in [0.1, 0.15) is 5.69 Å². The molecule has 2 aromatic heterocycles. The topological polar surface area (TPSA) is 72.0 Å². The van der Waals surface area contributed by atoms with Crippen LogP contribution in [0.5, 0.6) is 0 Å². The van der Waals surface area contributed by atoms with Gasteiger partial charge >= 0.3 is 5.97 Å². The van der Waals surface area contributed by atoms with Gasteiger partial charge in [-0.25, -0.2) is 9.78 Å². The summed E-state index contributed by atoms with van der Waals surface area (Å²) in [7, 11) is 1.30. The minimum atomic E-state index is -0.544. The second-order valence-corrected chi connectivity index (χ2v) is 4.50. The zero-order chi connectivity index (χ0) is 14.3. The molecule has 0 aliphatic heterocycles. The lowest BCUT2D eigenvalue weighted by atomic mass is 10.1. The number of fused-ring (bicyclic) bond motifs is 3. The molecule has 0 aliphatic carbocycles. The minimum absolute atomic E-state index is 0.173. The molecule has 0 atom stereocenters. The van der Waals surface area contributed by atoms with Gasteiger partial charge in [-0.2, -0.15) is 0 Å². The molecule has 0 fully saturated rings. The van der Waals surface area contributed by atoms with E-state index in [1.165, 1.54) is 7.11 Å². The Balaban J connectivity index is 2.52. The number of hydrogen-bond donors (Lipinski definition) is 1. The normalized spacial score (nSPS) is 10.9. The molecular formula is C15H12N2O3. The molecule has 3 rings (SSSR count). The molecule has 5 heteroatoms. The molecular weight excluding hydrogens is 256 g/mol. The van der Waals surface area contributed by atoms with Crippen LogP contribution in [0, 0.1) is 6.92 Å². The number of methoxy groups -OCH3 is 1. The fourth-order valence-electron chi connectivity index (χ4n) is 2.48. The van der Waals surface area contributed by atoms with Gasteiger partial charge in [-0.15, -0.1) is 0 Å². The van der Waals surface area contributed by atoms with Crippen molar-refractivity contribution in [1.29, 1.82) is 0 Å². The average Bonchev–Trinajstić information content (AvgIpc) is 2.87. The van der Waals surface area contributed by atoms with Crippen LogP contribution in [0.25, 0.3) is 21.8 Å². The molecule has 0 aliphatic rings. The number of hydrogen-bond acceptors (Lipinski definition) is 4. The van der Waals surface area contributed by atoms with E-state index in [2.05, 4.69) is 9.97 Å². The number of esters is 1. The van der Waals surface area contributed by atoms with Crippen molar-refractivity contribution >= 4 is 34.1 Å². The van der Waals surface area contributed by atoms with Gasteiger partial charge in [-0.3, -0.25) is 4.79 Å². The van der Waals surface area contributed by atoms with E-state index < -0.39 is 5.97 Å². The monoisotopic (exact) mass is 268 g/mol. The first kappa shape index (κ1) is 12.3. The number of ether oxygens (including phenoxy) is 1. The molecule has 3 aromatic rings. The number of H-pyrrole nitrogens is 1. The number of rotatable bonds is 2. The summed E-state index contributed by atoms with van der Waals surface area (Å²) >= 11 is 0. The molecule has 2 heterocycles. The van der Waals surface area contributed by atoms with Crippen molar-refractivity contribution in [3.05, 3.63) is 41.2 Å². The van der Waals surface area contributed by atoms with Crippen LogP contribution >= 0.6 is 0 Å². The maximum atomic E-state index is 11.8. The first-order valence-corrected chi connectivity index (χ1v) is 6.12. The number of aromatic amines is 1. The van der Waals surface area contributed by atoms with Crippen molar-refractivity contribution in [3.63, 3.8) is 0 Å². The van der Waals surface area contributed by atoms with Gasteiger partial charge in [0.05, 0.1) is 12.6 Å². The molecule has 0 radical (unpaired) electrons. The molecule has 1 aromatic carbocycles. The van der Waals surface area contributed by atoms with Crippen molar-refractivity contribution in [2.45, 2.75) is 6.92 Å². The number of pyridine rings is 1. The lowest BCUT2D eigenvalue weighted by Gasteiger charge is -2.06. The Morgan fingerprint density at radius 2 is 2.10 bits per heavy atom. The highest BCUT2D eigenvalue weighted by molar-refractivity contribution is 6.14. The molecule has 0 amide bonds. The first-order valence-electron chi connectivity index (χ1n) is 6.12. The number of nitrogens with zero attached hydrogens (tertiary/aromatic N) is 1. The second-order valence-electron chi connectivity index (χ2n) is 4.50. The summed E-state index contributed by atoms with van der Waals surface area (Å²) in [5.74, 6) is -0.544. The molecule has 1 N–H and O–H groups in total. The summed E-state index contributed by atoms with van der Waals surface area (Å²) in [5.41, 5.74) is 2.63. The van der Waals surface area contributed by atoms with E-state index in [9.17, 15) is 9.59 Å². The van der Waals surface area contributed by atoms with Crippen molar-refractivity contribution in [1.82, 2.24) is 9.97 Å². The highest BCUT2D eigenvalue weighted by atomic mass is 16.5. The Bertz CT molecular complexity index is 849.